The largest absolute Gasteiger partial charge is 0.289 e. The molecule has 0 fully saturated rings. The van der Waals surface area contributed by atoms with Gasteiger partial charge in [-0.05, 0) is 12.1 Å². The molecule has 0 radical (unpaired) electrons. The SMILES string of the molecule is Cn1cc(C#Cc2ccccc2)c(C(=O)NN)n1. The van der Waals surface area contributed by atoms with Crippen LogP contribution in [0.3, 0.4) is 0 Å². The number of aromatic nitrogens is 2. The molecule has 1 aromatic carbocycles. The number of nitrogens with zero attached hydrogens (tertiary/aromatic N) is 2. The smallest absolute Gasteiger partial charge is 0.286 e. The van der Waals surface area contributed by atoms with Crippen LogP contribution in [0, 0.1) is 11.8 Å². The fourth-order valence-corrected chi connectivity index (χ4v) is 1.48. The van der Waals surface area contributed by atoms with Gasteiger partial charge in [-0.3, -0.25) is 14.9 Å². The van der Waals surface area contributed by atoms with E-state index < -0.39 is 5.91 Å². The highest BCUT2D eigenvalue weighted by Gasteiger charge is 2.13. The lowest BCUT2D eigenvalue weighted by molar-refractivity contribution is 0.0947. The van der Waals surface area contributed by atoms with Crippen molar-refractivity contribution in [3.8, 4) is 11.8 Å². The summed E-state index contributed by atoms with van der Waals surface area (Å²) in [5.74, 6) is 10.5. The first-order chi connectivity index (χ1) is 8.70. The molecule has 0 unspecified atom stereocenters. The summed E-state index contributed by atoms with van der Waals surface area (Å²) in [7, 11) is 1.72. The molecule has 1 aromatic heterocycles. The van der Waals surface area contributed by atoms with E-state index in [1.807, 2.05) is 30.3 Å². The van der Waals surface area contributed by atoms with E-state index in [1.165, 1.54) is 4.68 Å². The second-order valence-electron chi connectivity index (χ2n) is 3.65. The number of carbonyl (C=O) groups is 1. The molecule has 5 nitrogen and oxygen atoms in total. The molecule has 5 heteroatoms. The Bertz CT molecular complexity index is 619. The molecule has 0 saturated heterocycles. The number of hydrazine groups is 1. The molecule has 0 bridgehead atoms. The van der Waals surface area contributed by atoms with Crippen LogP contribution in [-0.2, 0) is 7.05 Å². The third kappa shape index (κ3) is 2.56. The number of nitrogens with two attached hydrogens (primary N) is 1. The van der Waals surface area contributed by atoms with E-state index in [-0.39, 0.29) is 5.69 Å². The number of nitrogens with one attached hydrogen (secondary N) is 1. The van der Waals surface area contributed by atoms with Crippen molar-refractivity contribution in [1.82, 2.24) is 15.2 Å². The van der Waals surface area contributed by atoms with Crippen molar-refractivity contribution in [2.45, 2.75) is 0 Å². The Hall–Kier alpha value is -2.58. The van der Waals surface area contributed by atoms with Gasteiger partial charge in [0.05, 0.1) is 5.56 Å². The van der Waals surface area contributed by atoms with Gasteiger partial charge in [-0.15, -0.1) is 0 Å². The second-order valence-corrected chi connectivity index (χ2v) is 3.65. The van der Waals surface area contributed by atoms with Gasteiger partial charge >= 0.3 is 0 Å². The summed E-state index contributed by atoms with van der Waals surface area (Å²) in [6.07, 6.45) is 1.68. The molecular formula is C13H12N4O. The molecule has 3 N–H and O–H groups in total. The topological polar surface area (TPSA) is 72.9 Å². The number of aryl methyl sites for hydroxylation is 1. The Morgan fingerprint density at radius 1 is 1.33 bits per heavy atom. The standard InChI is InChI=1S/C13H12N4O/c1-17-9-11(12(16-17)13(18)15-14)8-7-10-5-3-2-4-6-10/h2-6,9H,14H2,1H3,(H,15,18). The van der Waals surface area contributed by atoms with Crippen molar-refractivity contribution in [3.63, 3.8) is 0 Å². The molecule has 2 aromatic rings. The Morgan fingerprint density at radius 2 is 2.06 bits per heavy atom. The average molecular weight is 240 g/mol. The Labute approximate surface area is 105 Å². The quantitative estimate of drug-likeness (QED) is 0.328. The maximum Gasteiger partial charge on any atom is 0.286 e. The summed E-state index contributed by atoms with van der Waals surface area (Å²) in [5, 5.41) is 4.02. The zero-order valence-electron chi connectivity index (χ0n) is 9.84. The fourth-order valence-electron chi connectivity index (χ4n) is 1.48. The van der Waals surface area contributed by atoms with E-state index >= 15 is 0 Å². The first-order valence-corrected chi connectivity index (χ1v) is 5.32. The van der Waals surface area contributed by atoms with Crippen molar-refractivity contribution in [2.75, 3.05) is 0 Å². The van der Waals surface area contributed by atoms with Crippen LogP contribution >= 0.6 is 0 Å². The first kappa shape index (κ1) is 11.9. The molecule has 18 heavy (non-hydrogen) atoms. The number of amides is 1. The minimum atomic E-state index is -0.451. The van der Waals surface area contributed by atoms with Crippen LogP contribution in [0.25, 0.3) is 0 Å². The lowest BCUT2D eigenvalue weighted by Crippen LogP contribution is -2.31. The van der Waals surface area contributed by atoms with E-state index in [2.05, 4.69) is 22.4 Å². The molecule has 0 saturated carbocycles. The van der Waals surface area contributed by atoms with E-state index in [0.717, 1.165) is 5.56 Å². The number of hydrogen-bond acceptors (Lipinski definition) is 3. The molecule has 2 rings (SSSR count). The van der Waals surface area contributed by atoms with Crippen LogP contribution in [0.4, 0.5) is 0 Å². The summed E-state index contributed by atoms with van der Waals surface area (Å²) in [4.78, 5) is 11.5. The molecule has 90 valence electrons. The molecule has 1 heterocycles. The van der Waals surface area contributed by atoms with Crippen LogP contribution in [0.15, 0.2) is 36.5 Å². The summed E-state index contributed by atoms with van der Waals surface area (Å²) >= 11 is 0. The summed E-state index contributed by atoms with van der Waals surface area (Å²) in [6.45, 7) is 0. The van der Waals surface area contributed by atoms with Gasteiger partial charge in [0.25, 0.3) is 5.91 Å². The average Bonchev–Trinajstić information content (AvgIpc) is 2.78. The zero-order chi connectivity index (χ0) is 13.0. The van der Waals surface area contributed by atoms with Crippen molar-refractivity contribution < 1.29 is 4.79 Å². The Balaban J connectivity index is 2.35. The molecule has 0 atom stereocenters. The van der Waals surface area contributed by atoms with Gasteiger partial charge in [0.2, 0.25) is 0 Å². The van der Waals surface area contributed by atoms with E-state index in [0.29, 0.717) is 5.56 Å². The zero-order valence-corrected chi connectivity index (χ0v) is 9.84. The van der Waals surface area contributed by atoms with Crippen LogP contribution in [0.1, 0.15) is 21.6 Å². The van der Waals surface area contributed by atoms with Crippen LogP contribution in [-0.4, -0.2) is 15.7 Å². The monoisotopic (exact) mass is 240 g/mol. The number of benzene rings is 1. The molecule has 1 amide bonds. The van der Waals surface area contributed by atoms with Gasteiger partial charge in [-0.25, -0.2) is 5.84 Å². The number of rotatable bonds is 1. The molecule has 0 aliphatic heterocycles. The normalized spacial score (nSPS) is 9.44. The van der Waals surface area contributed by atoms with E-state index in [9.17, 15) is 4.79 Å². The highest BCUT2D eigenvalue weighted by atomic mass is 16.2. The number of carbonyl (C=O) groups excluding carboxylic acids is 1. The Morgan fingerprint density at radius 3 is 2.72 bits per heavy atom. The van der Waals surface area contributed by atoms with Gasteiger partial charge in [-0.2, -0.15) is 5.10 Å². The van der Waals surface area contributed by atoms with Crippen LogP contribution in [0.2, 0.25) is 0 Å². The van der Waals surface area contributed by atoms with Gasteiger partial charge in [-0.1, -0.05) is 30.0 Å². The lowest BCUT2D eigenvalue weighted by Gasteiger charge is -1.93. The summed E-state index contributed by atoms with van der Waals surface area (Å²) in [5.41, 5.74) is 3.70. The third-order valence-corrected chi connectivity index (χ3v) is 2.29. The molecule has 0 aliphatic rings. The second kappa shape index (κ2) is 5.17. The van der Waals surface area contributed by atoms with Crippen molar-refractivity contribution in [2.24, 2.45) is 12.9 Å². The predicted molar refractivity (Wildman–Crippen MR) is 67.3 cm³/mol. The third-order valence-electron chi connectivity index (χ3n) is 2.29. The maximum atomic E-state index is 11.5. The predicted octanol–water partition coefficient (Wildman–Crippen LogP) is 0.423. The lowest BCUT2D eigenvalue weighted by atomic mass is 10.2. The maximum absolute atomic E-state index is 11.5. The van der Waals surface area contributed by atoms with Gasteiger partial charge in [0, 0.05) is 18.8 Å². The van der Waals surface area contributed by atoms with Crippen LogP contribution < -0.4 is 11.3 Å². The summed E-state index contributed by atoms with van der Waals surface area (Å²) in [6, 6.07) is 9.52. The molecule has 0 aliphatic carbocycles. The minimum Gasteiger partial charge on any atom is -0.289 e. The van der Waals surface area contributed by atoms with Gasteiger partial charge in [0.15, 0.2) is 5.69 Å². The number of nitrogen functional groups attached to an aromatic ring is 1. The van der Waals surface area contributed by atoms with Crippen LogP contribution in [0.5, 0.6) is 0 Å². The minimum absolute atomic E-state index is 0.225. The Kier molecular flexibility index (Phi) is 3.41. The molecule has 0 spiro atoms. The highest BCUT2D eigenvalue weighted by Crippen LogP contribution is 2.05. The van der Waals surface area contributed by atoms with Crippen molar-refractivity contribution in [3.05, 3.63) is 53.3 Å². The fraction of sp³-hybridized carbons (Fsp3) is 0.0769. The van der Waals surface area contributed by atoms with Crippen molar-refractivity contribution >= 4 is 5.91 Å². The van der Waals surface area contributed by atoms with E-state index in [4.69, 9.17) is 5.84 Å². The van der Waals surface area contributed by atoms with Crippen molar-refractivity contribution in [1.29, 1.82) is 0 Å². The van der Waals surface area contributed by atoms with Gasteiger partial charge < -0.3 is 0 Å². The summed E-state index contributed by atoms with van der Waals surface area (Å²) < 4.78 is 1.53. The highest BCUT2D eigenvalue weighted by molar-refractivity contribution is 5.94. The first-order valence-electron chi connectivity index (χ1n) is 5.32. The molecular weight excluding hydrogens is 228 g/mol. The van der Waals surface area contributed by atoms with Gasteiger partial charge in [0.1, 0.15) is 0 Å². The van der Waals surface area contributed by atoms with E-state index in [1.54, 1.807) is 13.2 Å². The number of hydrogen-bond donors (Lipinski definition) is 2.